The number of halogens is 1. The second-order valence-electron chi connectivity index (χ2n) is 7.88. The number of nitrogens with zero attached hydrogens (tertiary/aromatic N) is 2. The highest BCUT2D eigenvalue weighted by molar-refractivity contribution is 7.89. The smallest absolute Gasteiger partial charge is 0.240 e. The number of rotatable bonds is 6. The molecule has 6 nitrogen and oxygen atoms in total. The van der Waals surface area contributed by atoms with E-state index in [1.54, 1.807) is 23.5 Å². The molecular weight excluding hydrogens is 442 g/mol. The van der Waals surface area contributed by atoms with E-state index in [0.717, 1.165) is 52.0 Å². The lowest BCUT2D eigenvalue weighted by atomic mass is 10.1. The van der Waals surface area contributed by atoms with Crippen molar-refractivity contribution in [3.63, 3.8) is 0 Å². The molecule has 1 fully saturated rings. The summed E-state index contributed by atoms with van der Waals surface area (Å²) in [6.45, 7) is 3.83. The van der Waals surface area contributed by atoms with Gasteiger partial charge in [0.05, 0.1) is 4.90 Å². The van der Waals surface area contributed by atoms with Gasteiger partial charge in [-0.05, 0) is 73.6 Å². The van der Waals surface area contributed by atoms with Crippen LogP contribution in [0.2, 0.25) is 5.02 Å². The molecule has 162 valence electrons. The zero-order valence-corrected chi connectivity index (χ0v) is 19.1. The molecule has 3 heterocycles. The maximum absolute atomic E-state index is 12.6. The first-order valence-electron chi connectivity index (χ1n) is 10.2. The molecule has 4 rings (SSSR count). The van der Waals surface area contributed by atoms with Crippen LogP contribution in [-0.2, 0) is 27.8 Å². The molecule has 0 bridgehead atoms. The third-order valence-corrected chi connectivity index (χ3v) is 8.65. The van der Waals surface area contributed by atoms with Crippen LogP contribution in [0.5, 0.6) is 0 Å². The zero-order valence-electron chi connectivity index (χ0n) is 16.7. The van der Waals surface area contributed by atoms with Crippen LogP contribution >= 0.6 is 22.9 Å². The third-order valence-electron chi connectivity index (χ3n) is 5.84. The number of hydrogen-bond acceptors (Lipinski definition) is 5. The normalized spacial score (nSPS) is 18.4. The molecule has 0 radical (unpaired) electrons. The van der Waals surface area contributed by atoms with Crippen LogP contribution in [-0.4, -0.2) is 56.3 Å². The highest BCUT2D eigenvalue weighted by atomic mass is 35.5. The van der Waals surface area contributed by atoms with Gasteiger partial charge in [0.25, 0.3) is 0 Å². The minimum absolute atomic E-state index is 0.0864. The van der Waals surface area contributed by atoms with Gasteiger partial charge in [0, 0.05) is 42.0 Å². The van der Waals surface area contributed by atoms with Crippen LogP contribution in [0.25, 0.3) is 0 Å². The molecule has 0 spiro atoms. The summed E-state index contributed by atoms with van der Waals surface area (Å²) in [5, 5.41) is 2.61. The van der Waals surface area contributed by atoms with Crippen LogP contribution in [0.4, 0.5) is 0 Å². The van der Waals surface area contributed by atoms with E-state index in [1.165, 1.54) is 22.6 Å². The number of thiophene rings is 1. The number of hydrogen-bond donors (Lipinski definition) is 1. The number of piperidine rings is 1. The quantitative estimate of drug-likeness (QED) is 0.708. The van der Waals surface area contributed by atoms with Crippen molar-refractivity contribution in [1.29, 1.82) is 0 Å². The fraction of sp³-hybridized carbons (Fsp3) is 0.476. The molecule has 1 N–H and O–H groups in total. The second-order valence-corrected chi connectivity index (χ2v) is 11.0. The van der Waals surface area contributed by atoms with Crippen molar-refractivity contribution in [3.8, 4) is 0 Å². The lowest BCUT2D eigenvalue weighted by Crippen LogP contribution is -2.45. The summed E-state index contributed by atoms with van der Waals surface area (Å²) in [5.41, 5.74) is 1.29. The predicted octanol–water partition coefficient (Wildman–Crippen LogP) is 3.12. The molecule has 0 aliphatic carbocycles. The average Bonchev–Trinajstić information content (AvgIpc) is 3.21. The summed E-state index contributed by atoms with van der Waals surface area (Å²) in [7, 11) is -3.54. The maximum Gasteiger partial charge on any atom is 0.240 e. The molecule has 1 aromatic carbocycles. The van der Waals surface area contributed by atoms with Crippen molar-refractivity contribution in [2.24, 2.45) is 0 Å². The van der Waals surface area contributed by atoms with Gasteiger partial charge in [-0.1, -0.05) is 11.6 Å². The molecule has 1 amide bonds. The van der Waals surface area contributed by atoms with Crippen molar-refractivity contribution in [2.75, 3.05) is 26.2 Å². The Bertz CT molecular complexity index is 983. The summed E-state index contributed by atoms with van der Waals surface area (Å²) in [4.78, 5) is 18.5. The minimum Gasteiger partial charge on any atom is -0.338 e. The zero-order chi connectivity index (χ0) is 21.1. The fourth-order valence-electron chi connectivity index (χ4n) is 4.05. The van der Waals surface area contributed by atoms with Crippen molar-refractivity contribution >= 4 is 38.9 Å². The third kappa shape index (κ3) is 5.23. The molecule has 0 unspecified atom stereocenters. The van der Waals surface area contributed by atoms with Gasteiger partial charge in [-0.2, -0.15) is 0 Å². The standard InChI is InChI=1S/C21H26ClN3O3S2/c22-17-1-3-19(4-2-17)30(27,28)23-18-5-10-24(11-6-18)12-8-21(26)25-13-7-20-16(15-25)9-14-29-20/h1-4,9,14,18,23H,5-8,10-13,15H2. The molecular formula is C21H26ClN3O3S2. The van der Waals surface area contributed by atoms with E-state index in [0.29, 0.717) is 11.4 Å². The van der Waals surface area contributed by atoms with Gasteiger partial charge in [0.1, 0.15) is 0 Å². The number of carbonyl (C=O) groups is 1. The van der Waals surface area contributed by atoms with E-state index in [4.69, 9.17) is 11.6 Å². The van der Waals surface area contributed by atoms with Crippen LogP contribution in [0, 0.1) is 0 Å². The van der Waals surface area contributed by atoms with Gasteiger partial charge in [-0.25, -0.2) is 13.1 Å². The largest absolute Gasteiger partial charge is 0.338 e. The van der Waals surface area contributed by atoms with E-state index in [-0.39, 0.29) is 16.8 Å². The number of benzene rings is 1. The molecule has 2 aliphatic rings. The van der Waals surface area contributed by atoms with Crippen LogP contribution < -0.4 is 4.72 Å². The first kappa shape index (κ1) is 21.8. The lowest BCUT2D eigenvalue weighted by Gasteiger charge is -2.33. The number of carbonyl (C=O) groups excluding carboxylic acids is 1. The Morgan fingerprint density at radius 2 is 1.87 bits per heavy atom. The summed E-state index contributed by atoms with van der Waals surface area (Å²) >= 11 is 7.62. The monoisotopic (exact) mass is 467 g/mol. The van der Waals surface area contributed by atoms with Gasteiger partial charge in [-0.3, -0.25) is 4.79 Å². The maximum atomic E-state index is 12.6. The van der Waals surface area contributed by atoms with Crippen molar-refractivity contribution < 1.29 is 13.2 Å². The second kappa shape index (κ2) is 9.36. The summed E-state index contributed by atoms with van der Waals surface area (Å²) < 4.78 is 27.9. The van der Waals surface area contributed by atoms with Gasteiger partial charge in [0.15, 0.2) is 0 Å². The topological polar surface area (TPSA) is 69.7 Å². The predicted molar refractivity (Wildman–Crippen MR) is 119 cm³/mol. The molecule has 9 heteroatoms. The molecule has 1 saturated heterocycles. The fourth-order valence-corrected chi connectivity index (χ4v) is 6.37. The Balaban J connectivity index is 1.21. The number of amides is 1. The molecule has 30 heavy (non-hydrogen) atoms. The molecule has 0 saturated carbocycles. The SMILES string of the molecule is O=C(CCN1CCC(NS(=O)(=O)c2ccc(Cl)cc2)CC1)N1CCc2sccc2C1. The summed E-state index contributed by atoms with van der Waals surface area (Å²) in [6.07, 6.45) is 2.95. The van der Waals surface area contributed by atoms with Crippen LogP contribution in [0.15, 0.2) is 40.6 Å². The Labute approximate surface area is 186 Å². The van der Waals surface area contributed by atoms with E-state index in [2.05, 4.69) is 21.1 Å². The Kier molecular flexibility index (Phi) is 6.79. The van der Waals surface area contributed by atoms with Crippen LogP contribution in [0.1, 0.15) is 29.7 Å². The van der Waals surface area contributed by atoms with Gasteiger partial charge < -0.3 is 9.80 Å². The Morgan fingerprint density at radius 1 is 1.13 bits per heavy atom. The summed E-state index contributed by atoms with van der Waals surface area (Å²) in [6, 6.07) is 8.23. The van der Waals surface area contributed by atoms with E-state index in [1.807, 2.05) is 4.90 Å². The number of sulfonamides is 1. The minimum atomic E-state index is -3.54. The van der Waals surface area contributed by atoms with Crippen molar-refractivity contribution in [3.05, 3.63) is 51.2 Å². The number of fused-ring (bicyclic) bond motifs is 1. The van der Waals surface area contributed by atoms with Crippen molar-refractivity contribution in [2.45, 2.75) is 43.2 Å². The van der Waals surface area contributed by atoms with E-state index >= 15 is 0 Å². The molecule has 1 aromatic heterocycles. The highest BCUT2D eigenvalue weighted by Crippen LogP contribution is 2.24. The Hall–Kier alpha value is -1.45. The molecule has 0 atom stereocenters. The van der Waals surface area contributed by atoms with Crippen molar-refractivity contribution in [1.82, 2.24) is 14.5 Å². The Morgan fingerprint density at radius 3 is 2.60 bits per heavy atom. The number of nitrogens with one attached hydrogen (secondary N) is 1. The van der Waals surface area contributed by atoms with Gasteiger partial charge >= 0.3 is 0 Å². The average molecular weight is 468 g/mol. The molecule has 2 aromatic rings. The van der Waals surface area contributed by atoms with E-state index < -0.39 is 10.0 Å². The van der Waals surface area contributed by atoms with E-state index in [9.17, 15) is 13.2 Å². The highest BCUT2D eigenvalue weighted by Gasteiger charge is 2.26. The first-order chi connectivity index (χ1) is 14.4. The van der Waals surface area contributed by atoms with Crippen LogP contribution in [0.3, 0.4) is 0 Å². The van der Waals surface area contributed by atoms with Gasteiger partial charge in [0.2, 0.25) is 15.9 Å². The summed E-state index contributed by atoms with van der Waals surface area (Å²) in [5.74, 6) is 0.206. The molecule has 2 aliphatic heterocycles. The first-order valence-corrected chi connectivity index (χ1v) is 13.0. The van der Waals surface area contributed by atoms with Gasteiger partial charge in [-0.15, -0.1) is 11.3 Å². The number of likely N-dealkylation sites (tertiary alicyclic amines) is 1. The lowest BCUT2D eigenvalue weighted by molar-refractivity contribution is -0.132.